The molecule has 4 rings (SSSR count). The summed E-state index contributed by atoms with van der Waals surface area (Å²) in [6, 6.07) is 10.4. The Balaban J connectivity index is 1.61. The minimum Gasteiger partial charge on any atom is -0.485 e. The summed E-state index contributed by atoms with van der Waals surface area (Å²) < 4.78 is 20.2. The maximum absolute atomic E-state index is 14.3. The fourth-order valence-corrected chi connectivity index (χ4v) is 4.77. The summed E-state index contributed by atoms with van der Waals surface area (Å²) in [5.74, 6) is 0.601. The van der Waals surface area contributed by atoms with Crippen molar-refractivity contribution in [2.75, 3.05) is 16.8 Å². The Morgan fingerprint density at radius 2 is 2.03 bits per heavy atom. The third-order valence-corrected chi connectivity index (χ3v) is 6.49. The summed E-state index contributed by atoms with van der Waals surface area (Å²) in [4.78, 5) is 15.5. The van der Waals surface area contributed by atoms with Crippen LogP contribution in [-0.2, 0) is 17.8 Å². The minimum absolute atomic E-state index is 0.107. The zero-order valence-electron chi connectivity index (χ0n) is 20.6. The van der Waals surface area contributed by atoms with Gasteiger partial charge in [0.25, 0.3) is 0 Å². The second-order valence-electron chi connectivity index (χ2n) is 9.59. The first-order valence-electron chi connectivity index (χ1n) is 12.4. The number of ether oxygens (including phenoxy) is 1. The number of hydrogen-bond donors (Lipinski definition) is 2. The lowest BCUT2D eigenvalue weighted by Crippen LogP contribution is -2.40. The number of nitrogens with one attached hydrogen (secondary N) is 2. The molecule has 1 amide bonds. The molecular weight excluding hydrogens is 483 g/mol. The van der Waals surface area contributed by atoms with Crippen molar-refractivity contribution in [2.24, 2.45) is 5.92 Å². The molecule has 1 aliphatic carbocycles. The van der Waals surface area contributed by atoms with Crippen LogP contribution in [0.5, 0.6) is 5.75 Å². The quantitative estimate of drug-likeness (QED) is 0.368. The molecule has 10 heteroatoms. The van der Waals surface area contributed by atoms with Gasteiger partial charge in [-0.25, -0.2) is 4.39 Å². The van der Waals surface area contributed by atoms with Gasteiger partial charge in [-0.1, -0.05) is 56.0 Å². The van der Waals surface area contributed by atoms with E-state index in [0.29, 0.717) is 34.2 Å². The normalized spacial score (nSPS) is 14.1. The number of carbonyl (C=O) groups is 1. The Morgan fingerprint density at radius 1 is 1.22 bits per heavy atom. The lowest BCUT2D eigenvalue weighted by atomic mass is 9.93. The smallest absolute Gasteiger partial charge is 0.228 e. The van der Waals surface area contributed by atoms with Crippen LogP contribution in [0.3, 0.4) is 0 Å². The topological polar surface area (TPSA) is 96.0 Å². The molecule has 0 aliphatic heterocycles. The van der Waals surface area contributed by atoms with Gasteiger partial charge in [0.15, 0.2) is 6.61 Å². The molecule has 1 aromatic heterocycles. The molecule has 0 spiro atoms. The molecule has 1 heterocycles. The van der Waals surface area contributed by atoms with Gasteiger partial charge in [-0.05, 0) is 48.6 Å². The Morgan fingerprint density at radius 3 is 2.72 bits per heavy atom. The average molecular weight is 515 g/mol. The third kappa shape index (κ3) is 6.94. The van der Waals surface area contributed by atoms with E-state index in [2.05, 4.69) is 44.7 Å². The van der Waals surface area contributed by atoms with Crippen molar-refractivity contribution in [1.29, 1.82) is 0 Å². The number of halogens is 2. The van der Waals surface area contributed by atoms with Crippen LogP contribution >= 0.6 is 11.6 Å². The van der Waals surface area contributed by atoms with E-state index in [4.69, 9.17) is 16.3 Å². The van der Waals surface area contributed by atoms with Gasteiger partial charge in [-0.15, -0.1) is 10.2 Å². The van der Waals surface area contributed by atoms with Gasteiger partial charge in [0.05, 0.1) is 17.8 Å². The number of aromatic amines is 1. The SMILES string of the molecule is CC(C)CN(c1ccc(OCc2nn[nH]n2)cc1NC(=O)Cc1ccc(Cl)cc1F)C1CCCCC1. The van der Waals surface area contributed by atoms with Gasteiger partial charge >= 0.3 is 0 Å². The van der Waals surface area contributed by atoms with Crippen molar-refractivity contribution in [3.8, 4) is 5.75 Å². The number of benzene rings is 2. The molecule has 1 fully saturated rings. The molecule has 36 heavy (non-hydrogen) atoms. The highest BCUT2D eigenvalue weighted by atomic mass is 35.5. The van der Waals surface area contributed by atoms with Crippen LogP contribution in [0.25, 0.3) is 0 Å². The van der Waals surface area contributed by atoms with Gasteiger partial charge in [-0.2, -0.15) is 5.21 Å². The molecule has 1 saturated carbocycles. The molecular formula is C26H32ClFN6O2. The summed E-state index contributed by atoms with van der Waals surface area (Å²) in [6.07, 6.45) is 5.78. The number of amides is 1. The van der Waals surface area contributed by atoms with E-state index in [1.807, 2.05) is 18.2 Å². The number of hydrogen-bond acceptors (Lipinski definition) is 6. The molecule has 0 radical (unpaired) electrons. The van der Waals surface area contributed by atoms with E-state index in [1.54, 1.807) is 6.07 Å². The molecule has 192 valence electrons. The number of H-pyrrole nitrogens is 1. The average Bonchev–Trinajstić information content (AvgIpc) is 3.38. The highest BCUT2D eigenvalue weighted by Gasteiger charge is 2.25. The number of nitrogens with zero attached hydrogens (tertiary/aromatic N) is 4. The standard InChI is InChI=1S/C26H32ClFN6O2/c1-17(2)15-34(20-6-4-3-5-7-20)24-11-10-21(36-16-25-30-32-33-31-25)14-23(24)29-26(35)12-18-8-9-19(27)13-22(18)28/h8-11,13-14,17,20H,3-7,12,15-16H2,1-2H3,(H,29,35)(H,30,31,32,33). The van der Waals surface area contributed by atoms with Gasteiger partial charge in [-0.3, -0.25) is 4.79 Å². The molecule has 0 saturated heterocycles. The molecule has 2 N–H and O–H groups in total. The first kappa shape index (κ1) is 25.9. The van der Waals surface area contributed by atoms with Crippen LogP contribution in [0.4, 0.5) is 15.8 Å². The summed E-state index contributed by atoms with van der Waals surface area (Å²) in [5.41, 5.74) is 1.85. The Hall–Kier alpha value is -3.20. The van der Waals surface area contributed by atoms with E-state index in [1.165, 1.54) is 31.4 Å². The fraction of sp³-hybridized carbons (Fsp3) is 0.462. The summed E-state index contributed by atoms with van der Waals surface area (Å²) in [5, 5.41) is 17.1. The second kappa shape index (κ2) is 12.2. The predicted octanol–water partition coefficient (Wildman–Crippen LogP) is 5.55. The number of carbonyl (C=O) groups excluding carboxylic acids is 1. The van der Waals surface area contributed by atoms with Gasteiger partial charge in [0.1, 0.15) is 11.6 Å². The monoisotopic (exact) mass is 514 g/mol. The lowest BCUT2D eigenvalue weighted by Gasteiger charge is -2.38. The van der Waals surface area contributed by atoms with Crippen molar-refractivity contribution in [3.05, 3.63) is 58.6 Å². The molecule has 0 atom stereocenters. The summed E-state index contributed by atoms with van der Waals surface area (Å²) in [7, 11) is 0. The summed E-state index contributed by atoms with van der Waals surface area (Å²) >= 11 is 5.86. The lowest BCUT2D eigenvalue weighted by molar-refractivity contribution is -0.115. The maximum atomic E-state index is 14.3. The van der Waals surface area contributed by atoms with Crippen molar-refractivity contribution in [2.45, 2.75) is 65.0 Å². The Labute approximate surface area is 215 Å². The zero-order valence-corrected chi connectivity index (χ0v) is 21.4. The molecule has 0 bridgehead atoms. The minimum atomic E-state index is -0.501. The first-order valence-corrected chi connectivity index (χ1v) is 12.8. The van der Waals surface area contributed by atoms with Crippen LogP contribution in [0.1, 0.15) is 57.3 Å². The number of tetrazole rings is 1. The number of aromatic nitrogens is 4. The van der Waals surface area contributed by atoms with Gasteiger partial charge < -0.3 is 15.0 Å². The molecule has 8 nitrogen and oxygen atoms in total. The van der Waals surface area contributed by atoms with E-state index in [0.717, 1.165) is 25.1 Å². The van der Waals surface area contributed by atoms with Crippen molar-refractivity contribution >= 4 is 28.9 Å². The zero-order chi connectivity index (χ0) is 25.5. The summed E-state index contributed by atoms with van der Waals surface area (Å²) in [6.45, 7) is 5.39. The van der Waals surface area contributed by atoms with E-state index in [-0.39, 0.29) is 24.5 Å². The van der Waals surface area contributed by atoms with Crippen LogP contribution in [0.2, 0.25) is 5.02 Å². The Bertz CT molecular complexity index is 1150. The van der Waals surface area contributed by atoms with Crippen LogP contribution in [0, 0.1) is 11.7 Å². The van der Waals surface area contributed by atoms with E-state index >= 15 is 0 Å². The van der Waals surface area contributed by atoms with Crippen LogP contribution in [-0.4, -0.2) is 39.1 Å². The Kier molecular flexibility index (Phi) is 8.74. The first-order chi connectivity index (χ1) is 17.4. The highest BCUT2D eigenvalue weighted by molar-refractivity contribution is 6.30. The fourth-order valence-electron chi connectivity index (χ4n) is 4.61. The number of anilines is 2. The van der Waals surface area contributed by atoms with Crippen LogP contribution in [0.15, 0.2) is 36.4 Å². The largest absolute Gasteiger partial charge is 0.485 e. The molecule has 3 aromatic rings. The van der Waals surface area contributed by atoms with Crippen LogP contribution < -0.4 is 15.0 Å². The predicted molar refractivity (Wildman–Crippen MR) is 138 cm³/mol. The molecule has 2 aromatic carbocycles. The van der Waals surface area contributed by atoms with Gasteiger partial charge in [0, 0.05) is 23.7 Å². The maximum Gasteiger partial charge on any atom is 0.228 e. The second-order valence-corrected chi connectivity index (χ2v) is 10.0. The molecule has 1 aliphatic rings. The highest BCUT2D eigenvalue weighted by Crippen LogP contribution is 2.36. The van der Waals surface area contributed by atoms with Crippen molar-refractivity contribution < 1.29 is 13.9 Å². The van der Waals surface area contributed by atoms with E-state index in [9.17, 15) is 9.18 Å². The third-order valence-electron chi connectivity index (χ3n) is 6.25. The number of rotatable bonds is 10. The molecule has 0 unspecified atom stereocenters. The van der Waals surface area contributed by atoms with Crippen molar-refractivity contribution in [1.82, 2.24) is 20.6 Å². The van der Waals surface area contributed by atoms with Crippen molar-refractivity contribution in [3.63, 3.8) is 0 Å². The van der Waals surface area contributed by atoms with Gasteiger partial charge in [0.2, 0.25) is 11.7 Å². The van der Waals surface area contributed by atoms with E-state index < -0.39 is 5.82 Å².